The second kappa shape index (κ2) is 6.40. The first kappa shape index (κ1) is 12.0. The third-order valence-electron chi connectivity index (χ3n) is 2.22. The van der Waals surface area contributed by atoms with E-state index in [2.05, 4.69) is 57.7 Å². The van der Waals surface area contributed by atoms with Gasteiger partial charge in [-0.1, -0.05) is 13.8 Å². The predicted molar refractivity (Wildman–Crippen MR) is 67.4 cm³/mol. The van der Waals surface area contributed by atoms with Gasteiger partial charge in [0.15, 0.2) is 0 Å². The highest BCUT2D eigenvalue weighted by atomic mass is 127. The van der Waals surface area contributed by atoms with Crippen molar-refractivity contribution in [2.75, 3.05) is 13.1 Å². The van der Waals surface area contributed by atoms with Crippen LogP contribution in [0.2, 0.25) is 0 Å². The molecule has 0 fully saturated rings. The molecular formula is C10H18IN3. The largest absolute Gasteiger partial charge is 0.315 e. The quantitative estimate of drug-likeness (QED) is 0.646. The Labute approximate surface area is 99.4 Å². The summed E-state index contributed by atoms with van der Waals surface area (Å²) in [6.45, 7) is 6.49. The monoisotopic (exact) mass is 307 g/mol. The van der Waals surface area contributed by atoms with Crippen LogP contribution in [0.1, 0.15) is 32.7 Å². The molecule has 80 valence electrons. The van der Waals surface area contributed by atoms with E-state index in [1.54, 1.807) is 0 Å². The molecule has 1 heterocycles. The molecule has 0 saturated carbocycles. The Hall–Kier alpha value is -0.100. The van der Waals surface area contributed by atoms with Crippen molar-refractivity contribution in [2.45, 2.75) is 32.7 Å². The zero-order chi connectivity index (χ0) is 10.4. The molecule has 0 radical (unpaired) electrons. The van der Waals surface area contributed by atoms with Gasteiger partial charge in [-0.3, -0.25) is 4.68 Å². The smallest absolute Gasteiger partial charge is 0.0641 e. The minimum absolute atomic E-state index is 0.491. The number of nitrogens with zero attached hydrogens (tertiary/aromatic N) is 2. The molecule has 3 nitrogen and oxygen atoms in total. The van der Waals surface area contributed by atoms with Gasteiger partial charge in [-0.05, 0) is 42.0 Å². The molecule has 0 amide bonds. The predicted octanol–water partition coefficient (Wildman–Crippen LogP) is 2.44. The van der Waals surface area contributed by atoms with Crippen LogP contribution in [0, 0.1) is 3.57 Å². The van der Waals surface area contributed by atoms with Crippen molar-refractivity contribution in [2.24, 2.45) is 0 Å². The van der Waals surface area contributed by atoms with E-state index in [0.29, 0.717) is 6.04 Å². The van der Waals surface area contributed by atoms with Crippen LogP contribution in [0.4, 0.5) is 0 Å². The molecule has 1 rings (SSSR count). The Bertz CT molecular complexity index is 260. The molecular weight excluding hydrogens is 289 g/mol. The first-order valence-electron chi connectivity index (χ1n) is 5.18. The zero-order valence-electron chi connectivity index (χ0n) is 8.83. The van der Waals surface area contributed by atoms with Crippen molar-refractivity contribution in [1.82, 2.24) is 15.1 Å². The summed E-state index contributed by atoms with van der Waals surface area (Å²) in [6, 6.07) is 0.491. The molecule has 0 saturated heterocycles. The maximum absolute atomic E-state index is 4.33. The van der Waals surface area contributed by atoms with Gasteiger partial charge in [0.05, 0.1) is 15.8 Å². The maximum Gasteiger partial charge on any atom is 0.0641 e. The van der Waals surface area contributed by atoms with E-state index in [-0.39, 0.29) is 0 Å². The summed E-state index contributed by atoms with van der Waals surface area (Å²) in [4.78, 5) is 0. The van der Waals surface area contributed by atoms with Gasteiger partial charge in [0.25, 0.3) is 0 Å². The second-order valence-corrected chi connectivity index (χ2v) is 4.65. The van der Waals surface area contributed by atoms with Crippen LogP contribution in [-0.2, 0) is 0 Å². The number of hydrogen-bond acceptors (Lipinski definition) is 2. The van der Waals surface area contributed by atoms with E-state index in [4.69, 9.17) is 0 Å². The molecule has 1 unspecified atom stereocenters. The van der Waals surface area contributed by atoms with E-state index >= 15 is 0 Å². The van der Waals surface area contributed by atoms with Crippen molar-refractivity contribution in [3.8, 4) is 0 Å². The molecule has 1 aromatic heterocycles. The number of aromatic nitrogens is 2. The highest BCUT2D eigenvalue weighted by molar-refractivity contribution is 14.1. The van der Waals surface area contributed by atoms with Crippen molar-refractivity contribution >= 4 is 22.6 Å². The van der Waals surface area contributed by atoms with E-state index < -0.39 is 0 Å². The first-order chi connectivity index (χ1) is 6.77. The fraction of sp³-hybridized carbons (Fsp3) is 0.700. The van der Waals surface area contributed by atoms with E-state index in [9.17, 15) is 0 Å². The lowest BCUT2D eigenvalue weighted by Gasteiger charge is -2.15. The minimum Gasteiger partial charge on any atom is -0.315 e. The summed E-state index contributed by atoms with van der Waals surface area (Å²) in [5.41, 5.74) is 0. The number of halogens is 1. The van der Waals surface area contributed by atoms with Crippen LogP contribution < -0.4 is 5.32 Å². The fourth-order valence-corrected chi connectivity index (χ4v) is 1.79. The maximum atomic E-state index is 4.33. The number of hydrogen-bond donors (Lipinski definition) is 1. The van der Waals surface area contributed by atoms with Crippen LogP contribution in [0.25, 0.3) is 0 Å². The minimum atomic E-state index is 0.491. The Morgan fingerprint density at radius 3 is 2.86 bits per heavy atom. The van der Waals surface area contributed by atoms with Crippen LogP contribution in [0.15, 0.2) is 12.4 Å². The van der Waals surface area contributed by atoms with Crippen molar-refractivity contribution < 1.29 is 0 Å². The summed E-state index contributed by atoms with van der Waals surface area (Å²) in [7, 11) is 0. The highest BCUT2D eigenvalue weighted by Crippen LogP contribution is 2.11. The van der Waals surface area contributed by atoms with Gasteiger partial charge in [0.1, 0.15) is 0 Å². The molecule has 1 atom stereocenters. The summed E-state index contributed by atoms with van der Waals surface area (Å²) < 4.78 is 3.27. The second-order valence-electron chi connectivity index (χ2n) is 3.40. The Balaban J connectivity index is 2.45. The summed E-state index contributed by atoms with van der Waals surface area (Å²) in [5, 5.41) is 7.77. The SMILES string of the molecule is CCCNCC(CC)n1cc(I)cn1. The fourth-order valence-electron chi connectivity index (χ4n) is 1.38. The summed E-state index contributed by atoms with van der Waals surface area (Å²) in [5.74, 6) is 0. The van der Waals surface area contributed by atoms with Crippen LogP contribution in [0.5, 0.6) is 0 Å². The van der Waals surface area contributed by atoms with Crippen molar-refractivity contribution in [3.05, 3.63) is 16.0 Å². The molecule has 0 aliphatic carbocycles. The van der Waals surface area contributed by atoms with E-state index in [1.807, 2.05) is 6.20 Å². The third-order valence-corrected chi connectivity index (χ3v) is 2.78. The summed E-state index contributed by atoms with van der Waals surface area (Å²) >= 11 is 2.29. The van der Waals surface area contributed by atoms with Crippen LogP contribution in [0.3, 0.4) is 0 Å². The molecule has 0 aliphatic heterocycles. The lowest BCUT2D eigenvalue weighted by atomic mass is 10.2. The molecule has 0 aliphatic rings. The summed E-state index contributed by atoms with van der Waals surface area (Å²) in [6.07, 6.45) is 6.31. The molecule has 1 N–H and O–H groups in total. The first-order valence-corrected chi connectivity index (χ1v) is 6.26. The van der Waals surface area contributed by atoms with Crippen LogP contribution in [-0.4, -0.2) is 22.9 Å². The molecule has 0 aromatic carbocycles. The van der Waals surface area contributed by atoms with Gasteiger partial charge in [0.2, 0.25) is 0 Å². The number of rotatable bonds is 6. The van der Waals surface area contributed by atoms with Gasteiger partial charge >= 0.3 is 0 Å². The molecule has 0 bridgehead atoms. The van der Waals surface area contributed by atoms with Gasteiger partial charge in [-0.2, -0.15) is 5.10 Å². The average Bonchev–Trinajstić information content (AvgIpc) is 2.60. The lowest BCUT2D eigenvalue weighted by Crippen LogP contribution is -2.25. The third kappa shape index (κ3) is 3.57. The van der Waals surface area contributed by atoms with Crippen molar-refractivity contribution in [1.29, 1.82) is 0 Å². The normalized spacial score (nSPS) is 13.1. The van der Waals surface area contributed by atoms with Gasteiger partial charge < -0.3 is 5.32 Å². The zero-order valence-corrected chi connectivity index (χ0v) is 11.0. The van der Waals surface area contributed by atoms with Gasteiger partial charge in [-0.15, -0.1) is 0 Å². The number of nitrogens with one attached hydrogen (secondary N) is 1. The topological polar surface area (TPSA) is 29.9 Å². The van der Waals surface area contributed by atoms with Gasteiger partial charge in [-0.25, -0.2) is 0 Å². The molecule has 1 aromatic rings. The van der Waals surface area contributed by atoms with Crippen LogP contribution >= 0.6 is 22.6 Å². The van der Waals surface area contributed by atoms with Gasteiger partial charge in [0, 0.05) is 12.7 Å². The van der Waals surface area contributed by atoms with Crippen molar-refractivity contribution in [3.63, 3.8) is 0 Å². The standard InChI is InChI=1S/C10H18IN3/c1-3-5-12-7-10(4-2)14-8-9(11)6-13-14/h6,8,10,12H,3-5,7H2,1-2H3. The highest BCUT2D eigenvalue weighted by Gasteiger charge is 2.08. The lowest BCUT2D eigenvalue weighted by molar-refractivity contribution is 0.412. The molecule has 14 heavy (non-hydrogen) atoms. The Morgan fingerprint density at radius 1 is 1.57 bits per heavy atom. The van der Waals surface area contributed by atoms with E-state index in [0.717, 1.165) is 19.5 Å². The molecule has 0 spiro atoms. The van der Waals surface area contributed by atoms with E-state index in [1.165, 1.54) is 9.99 Å². The Morgan fingerprint density at radius 2 is 2.36 bits per heavy atom. The average molecular weight is 307 g/mol. The Kier molecular flexibility index (Phi) is 5.47. The molecule has 4 heteroatoms.